The number of hydrogen-bond donors (Lipinski definition) is 1. The molecule has 0 amide bonds. The minimum atomic E-state index is -0.900. The highest BCUT2D eigenvalue weighted by Crippen LogP contribution is 2.12. The molecule has 1 heterocycles. The maximum atomic E-state index is 11.3. The number of carbonyl (C=O) groups is 2. The van der Waals surface area contributed by atoms with E-state index in [1.165, 1.54) is 6.92 Å². The number of carboxylic acid groups (broad SMARTS) is 1. The molecule has 5 heteroatoms. The van der Waals surface area contributed by atoms with E-state index in [0.29, 0.717) is 5.92 Å². The summed E-state index contributed by atoms with van der Waals surface area (Å²) in [5.41, 5.74) is 0. The number of hydrogen-bond acceptors (Lipinski definition) is 2. The van der Waals surface area contributed by atoms with E-state index in [1.807, 2.05) is 17.1 Å². The first-order valence-corrected chi connectivity index (χ1v) is 6.22. The van der Waals surface area contributed by atoms with Gasteiger partial charge in [-0.3, -0.25) is 4.79 Å². The summed E-state index contributed by atoms with van der Waals surface area (Å²) in [6.07, 6.45) is 6.52. The molecule has 0 radical (unpaired) electrons. The van der Waals surface area contributed by atoms with E-state index in [1.54, 1.807) is 6.20 Å². The van der Waals surface area contributed by atoms with Gasteiger partial charge in [-0.2, -0.15) is 9.06 Å². The predicted octanol–water partition coefficient (Wildman–Crippen LogP) is 1.05. The molecule has 0 fully saturated rings. The number of Topliss-reactive ketones (excluding diaryl/α,β-unsaturated/α-hetero) is 1. The van der Waals surface area contributed by atoms with Gasteiger partial charge in [0.05, 0.1) is 0 Å². The quantitative estimate of drug-likeness (QED) is 0.545. The number of ketones is 1. The van der Waals surface area contributed by atoms with Gasteiger partial charge >= 0.3 is 12.3 Å². The lowest BCUT2D eigenvalue weighted by atomic mass is 10.1. The highest BCUT2D eigenvalue weighted by atomic mass is 16.4. The molecule has 0 aromatic carbocycles. The van der Waals surface area contributed by atoms with E-state index in [4.69, 9.17) is 5.11 Å². The van der Waals surface area contributed by atoms with Gasteiger partial charge in [-0.1, -0.05) is 13.8 Å². The Hall–Kier alpha value is -1.49. The second-order valence-corrected chi connectivity index (χ2v) is 5.35. The summed E-state index contributed by atoms with van der Waals surface area (Å²) < 4.78 is 2.06. The molecular weight excluding hydrogens is 232 g/mol. The zero-order chi connectivity index (χ0) is 13.8. The molecule has 0 aromatic rings. The fourth-order valence-corrected chi connectivity index (χ4v) is 2.04. The van der Waals surface area contributed by atoms with Crippen molar-refractivity contribution in [1.29, 1.82) is 0 Å². The molecule has 0 aromatic heterocycles. The molecular formula is C13H22N2O3+2. The Morgan fingerprint density at radius 1 is 1.33 bits per heavy atom. The van der Waals surface area contributed by atoms with E-state index in [0.717, 1.165) is 13.0 Å². The van der Waals surface area contributed by atoms with Crippen LogP contribution in [0.25, 0.3) is 0 Å². The number of carbonyl (C=O) groups excluding carboxylic acids is 1. The van der Waals surface area contributed by atoms with Crippen LogP contribution in [-0.2, 0) is 9.59 Å². The van der Waals surface area contributed by atoms with Crippen LogP contribution in [0.15, 0.2) is 12.4 Å². The first kappa shape index (κ1) is 14.6. The zero-order valence-electron chi connectivity index (χ0n) is 11.3. The van der Waals surface area contributed by atoms with E-state index in [2.05, 4.69) is 13.8 Å². The summed E-state index contributed by atoms with van der Waals surface area (Å²) in [5, 5.41) is 8.96. The average molecular weight is 254 g/mol. The molecule has 1 N–H and O–H groups in total. The van der Waals surface area contributed by atoms with Crippen LogP contribution in [-0.4, -0.2) is 51.9 Å². The van der Waals surface area contributed by atoms with Crippen molar-refractivity contribution < 1.29 is 23.8 Å². The fourth-order valence-electron chi connectivity index (χ4n) is 2.04. The third-order valence-electron chi connectivity index (χ3n) is 2.84. The van der Waals surface area contributed by atoms with Crippen LogP contribution in [0, 0.1) is 5.92 Å². The number of aliphatic carboxylic acids is 1. The van der Waals surface area contributed by atoms with Gasteiger partial charge in [-0.15, -0.1) is 0 Å². The molecule has 0 spiro atoms. The van der Waals surface area contributed by atoms with Crippen LogP contribution >= 0.6 is 0 Å². The van der Waals surface area contributed by atoms with Gasteiger partial charge in [-0.05, 0) is 5.92 Å². The van der Waals surface area contributed by atoms with E-state index >= 15 is 0 Å². The summed E-state index contributed by atoms with van der Waals surface area (Å²) in [5.74, 6) is -0.313. The Morgan fingerprint density at radius 3 is 2.50 bits per heavy atom. The number of nitrogens with zero attached hydrogens (tertiary/aromatic N) is 2. The number of quaternary nitrogens is 1. The van der Waals surface area contributed by atoms with Gasteiger partial charge in [0.25, 0.3) is 0 Å². The first-order chi connectivity index (χ1) is 8.33. The van der Waals surface area contributed by atoms with Crippen molar-refractivity contribution >= 4 is 18.1 Å². The molecule has 5 nitrogen and oxygen atoms in total. The Kier molecular flexibility index (Phi) is 4.78. The molecule has 1 aliphatic heterocycles. The topological polar surface area (TPSA) is 57.4 Å². The van der Waals surface area contributed by atoms with Gasteiger partial charge in [0.2, 0.25) is 6.20 Å². The Morgan fingerprint density at radius 2 is 2.00 bits per heavy atom. The molecule has 1 aliphatic rings. The van der Waals surface area contributed by atoms with Crippen molar-refractivity contribution in [2.75, 3.05) is 19.6 Å². The molecule has 1 rings (SSSR count). The van der Waals surface area contributed by atoms with E-state index in [9.17, 15) is 9.59 Å². The molecule has 0 aliphatic carbocycles. The van der Waals surface area contributed by atoms with Crippen molar-refractivity contribution in [3.63, 3.8) is 0 Å². The van der Waals surface area contributed by atoms with Crippen molar-refractivity contribution in [2.24, 2.45) is 5.92 Å². The normalized spacial score (nSPS) is 22.3. The van der Waals surface area contributed by atoms with E-state index in [-0.39, 0.29) is 23.4 Å². The molecule has 0 saturated heterocycles. The van der Waals surface area contributed by atoms with Crippen LogP contribution in [0.3, 0.4) is 0 Å². The Bertz CT molecular complexity index is 381. The molecule has 18 heavy (non-hydrogen) atoms. The highest BCUT2D eigenvalue weighted by molar-refractivity contribution is 5.78. The van der Waals surface area contributed by atoms with Crippen LogP contribution in [0.2, 0.25) is 0 Å². The summed E-state index contributed by atoms with van der Waals surface area (Å²) in [6, 6.07) is 0. The lowest BCUT2D eigenvalue weighted by Crippen LogP contribution is -2.48. The maximum absolute atomic E-state index is 11.3. The Balaban J connectivity index is 2.78. The van der Waals surface area contributed by atoms with Crippen LogP contribution in [0.5, 0.6) is 0 Å². The fraction of sp³-hybridized carbons (Fsp3) is 0.615. The third-order valence-corrected chi connectivity index (χ3v) is 2.84. The second kappa shape index (κ2) is 5.91. The summed E-state index contributed by atoms with van der Waals surface area (Å²) >= 11 is 0. The average Bonchev–Trinajstić information content (AvgIpc) is 2.56. The summed E-state index contributed by atoms with van der Waals surface area (Å²) in [7, 11) is 0. The van der Waals surface area contributed by atoms with Crippen molar-refractivity contribution in [3.05, 3.63) is 12.4 Å². The van der Waals surface area contributed by atoms with Gasteiger partial charge in [0, 0.05) is 13.3 Å². The van der Waals surface area contributed by atoms with Crippen LogP contribution in [0.1, 0.15) is 27.2 Å². The second-order valence-electron chi connectivity index (χ2n) is 5.35. The summed E-state index contributed by atoms with van der Waals surface area (Å²) in [4.78, 5) is 22.2. The number of rotatable bonds is 7. The smallest absolute Gasteiger partial charge is 0.360 e. The lowest BCUT2D eigenvalue weighted by molar-refractivity contribution is -0.773. The zero-order valence-corrected chi connectivity index (χ0v) is 11.3. The third kappa shape index (κ3) is 4.41. The van der Waals surface area contributed by atoms with E-state index < -0.39 is 5.97 Å². The monoisotopic (exact) mass is 254 g/mol. The Labute approximate surface area is 108 Å². The predicted molar refractivity (Wildman–Crippen MR) is 68.1 cm³/mol. The van der Waals surface area contributed by atoms with Crippen molar-refractivity contribution in [1.82, 2.24) is 0 Å². The van der Waals surface area contributed by atoms with Gasteiger partial charge in [0.1, 0.15) is 0 Å². The summed E-state index contributed by atoms with van der Waals surface area (Å²) in [6.45, 7) is 6.74. The van der Waals surface area contributed by atoms with Crippen molar-refractivity contribution in [3.8, 4) is 0 Å². The van der Waals surface area contributed by atoms with Crippen molar-refractivity contribution in [2.45, 2.75) is 27.2 Å². The molecule has 100 valence electrons. The SMILES string of the molecule is CC(=O)C[N+]1(CC(=O)O)C=C[N+](CCC(C)C)=C1. The van der Waals surface area contributed by atoms with Gasteiger partial charge in [-0.25, -0.2) is 4.79 Å². The van der Waals surface area contributed by atoms with Gasteiger partial charge in [0.15, 0.2) is 31.6 Å². The highest BCUT2D eigenvalue weighted by Gasteiger charge is 2.37. The van der Waals surface area contributed by atoms with Crippen LogP contribution in [0.4, 0.5) is 0 Å². The maximum Gasteiger partial charge on any atom is 0.360 e. The molecule has 1 unspecified atom stereocenters. The minimum Gasteiger partial charge on any atom is -0.477 e. The molecule has 0 saturated carbocycles. The first-order valence-electron chi connectivity index (χ1n) is 6.22. The van der Waals surface area contributed by atoms with Crippen LogP contribution < -0.4 is 0 Å². The molecule has 1 atom stereocenters. The minimum absolute atomic E-state index is 0.0112. The molecule has 0 bridgehead atoms. The van der Waals surface area contributed by atoms with Gasteiger partial charge < -0.3 is 5.11 Å². The standard InChI is InChI=1S/C13H21N2O3/c1-11(2)4-5-14-6-7-15(10-14,8-12(3)16)9-13(17)18/h6-7,10-11H,4-5,8-9H2,1-3H3/q+1/p+1. The largest absolute Gasteiger partial charge is 0.477 e. The number of carboxylic acids is 1. The lowest BCUT2D eigenvalue weighted by Gasteiger charge is -2.20.